The van der Waals surface area contributed by atoms with E-state index >= 15 is 0 Å². The molecule has 3 aromatic carbocycles. The molecule has 0 saturated heterocycles. The Balaban J connectivity index is 1.83. The van der Waals surface area contributed by atoms with Gasteiger partial charge in [0.05, 0.1) is 23.9 Å². The van der Waals surface area contributed by atoms with Gasteiger partial charge in [-0.2, -0.15) is 0 Å². The van der Waals surface area contributed by atoms with Crippen LogP contribution in [0.2, 0.25) is 0 Å². The molecule has 0 bridgehead atoms. The van der Waals surface area contributed by atoms with Crippen molar-refractivity contribution in [2.24, 2.45) is 0 Å². The predicted molar refractivity (Wildman–Crippen MR) is 116 cm³/mol. The standard InChI is InChI=1S/C25H21NO3/c1-3-16-4-6-17(7-5-16)19-10-13-23-21(14-19)22(25(27)28)15-24(26-23)18-8-11-20(29-2)12-9-18/h4-15H,3H2,1-2H3,(H,27,28). The molecule has 1 aromatic heterocycles. The van der Waals surface area contributed by atoms with Crippen LogP contribution in [0.3, 0.4) is 0 Å². The van der Waals surface area contributed by atoms with Crippen molar-refractivity contribution in [2.45, 2.75) is 13.3 Å². The second-order valence-corrected chi connectivity index (χ2v) is 6.87. The molecule has 0 aliphatic carbocycles. The van der Waals surface area contributed by atoms with Crippen molar-refractivity contribution in [2.75, 3.05) is 7.11 Å². The van der Waals surface area contributed by atoms with Crippen LogP contribution in [0.5, 0.6) is 5.75 Å². The normalized spacial score (nSPS) is 10.8. The van der Waals surface area contributed by atoms with Crippen LogP contribution in [0.15, 0.2) is 72.8 Å². The lowest BCUT2D eigenvalue weighted by molar-refractivity contribution is 0.0699. The zero-order valence-electron chi connectivity index (χ0n) is 16.3. The number of rotatable bonds is 5. The van der Waals surface area contributed by atoms with Crippen molar-refractivity contribution in [3.05, 3.63) is 83.9 Å². The largest absolute Gasteiger partial charge is 0.497 e. The van der Waals surface area contributed by atoms with Crippen molar-refractivity contribution in [3.63, 3.8) is 0 Å². The van der Waals surface area contributed by atoms with Crippen molar-refractivity contribution in [3.8, 4) is 28.1 Å². The van der Waals surface area contributed by atoms with E-state index in [-0.39, 0.29) is 5.56 Å². The third kappa shape index (κ3) is 3.69. The van der Waals surface area contributed by atoms with E-state index in [1.807, 2.05) is 42.5 Å². The van der Waals surface area contributed by atoms with Crippen LogP contribution in [-0.2, 0) is 6.42 Å². The van der Waals surface area contributed by atoms with E-state index < -0.39 is 5.97 Å². The minimum atomic E-state index is -0.967. The topological polar surface area (TPSA) is 59.4 Å². The van der Waals surface area contributed by atoms with E-state index in [4.69, 9.17) is 9.72 Å². The molecular weight excluding hydrogens is 362 g/mol. The lowest BCUT2D eigenvalue weighted by atomic mass is 9.98. The zero-order valence-corrected chi connectivity index (χ0v) is 16.3. The van der Waals surface area contributed by atoms with E-state index in [0.29, 0.717) is 16.6 Å². The summed E-state index contributed by atoms with van der Waals surface area (Å²) in [5, 5.41) is 10.4. The van der Waals surface area contributed by atoms with Gasteiger partial charge in [-0.3, -0.25) is 0 Å². The lowest BCUT2D eigenvalue weighted by Gasteiger charge is -2.10. The first-order valence-electron chi connectivity index (χ1n) is 9.51. The molecule has 0 aliphatic heterocycles. The Hall–Kier alpha value is -3.66. The molecule has 4 nitrogen and oxygen atoms in total. The summed E-state index contributed by atoms with van der Waals surface area (Å²) < 4.78 is 5.19. The fraction of sp³-hybridized carbons (Fsp3) is 0.120. The van der Waals surface area contributed by atoms with Crippen molar-refractivity contribution >= 4 is 16.9 Å². The number of methoxy groups -OCH3 is 1. The molecule has 1 N–H and O–H groups in total. The maximum Gasteiger partial charge on any atom is 0.336 e. The molecule has 0 spiro atoms. The number of fused-ring (bicyclic) bond motifs is 1. The summed E-state index contributed by atoms with van der Waals surface area (Å²) in [6, 6.07) is 23.2. The van der Waals surface area contributed by atoms with Gasteiger partial charge in [0, 0.05) is 10.9 Å². The number of carbonyl (C=O) groups is 1. The highest BCUT2D eigenvalue weighted by Gasteiger charge is 2.14. The van der Waals surface area contributed by atoms with Crippen LogP contribution in [0, 0.1) is 0 Å². The predicted octanol–water partition coefficient (Wildman–Crippen LogP) is 5.84. The first-order valence-corrected chi connectivity index (χ1v) is 9.51. The van der Waals surface area contributed by atoms with E-state index in [9.17, 15) is 9.90 Å². The van der Waals surface area contributed by atoms with Gasteiger partial charge in [-0.15, -0.1) is 0 Å². The third-order valence-electron chi connectivity index (χ3n) is 5.12. The van der Waals surface area contributed by atoms with Crippen LogP contribution in [0.1, 0.15) is 22.8 Å². The molecule has 0 aliphatic rings. The number of aromatic carboxylic acids is 1. The number of nitrogens with zero attached hydrogens (tertiary/aromatic N) is 1. The van der Waals surface area contributed by atoms with Crippen LogP contribution < -0.4 is 4.74 Å². The third-order valence-corrected chi connectivity index (χ3v) is 5.12. The summed E-state index contributed by atoms with van der Waals surface area (Å²) in [5.74, 6) is -0.225. The fourth-order valence-electron chi connectivity index (χ4n) is 3.42. The number of hydrogen-bond acceptors (Lipinski definition) is 3. The Morgan fingerprint density at radius 3 is 2.17 bits per heavy atom. The van der Waals surface area contributed by atoms with Crippen molar-refractivity contribution < 1.29 is 14.6 Å². The molecule has 4 aromatic rings. The fourth-order valence-corrected chi connectivity index (χ4v) is 3.42. The molecule has 0 fully saturated rings. The average Bonchev–Trinajstić information content (AvgIpc) is 2.78. The van der Waals surface area contributed by atoms with Gasteiger partial charge in [-0.1, -0.05) is 37.3 Å². The van der Waals surface area contributed by atoms with Gasteiger partial charge in [0.2, 0.25) is 0 Å². The van der Waals surface area contributed by atoms with Gasteiger partial charge in [-0.05, 0) is 65.6 Å². The number of aryl methyl sites for hydroxylation is 1. The smallest absolute Gasteiger partial charge is 0.336 e. The quantitative estimate of drug-likeness (QED) is 0.470. The Kier molecular flexibility index (Phi) is 5.00. The first kappa shape index (κ1) is 18.7. The van der Waals surface area contributed by atoms with E-state index in [2.05, 4.69) is 31.2 Å². The molecular formula is C25H21NO3. The van der Waals surface area contributed by atoms with Crippen LogP contribution in [0.4, 0.5) is 0 Å². The Bertz CT molecular complexity index is 1180. The van der Waals surface area contributed by atoms with E-state index in [1.165, 1.54) is 5.56 Å². The molecule has 0 unspecified atom stereocenters. The van der Waals surface area contributed by atoms with Gasteiger partial charge in [0.15, 0.2) is 0 Å². The van der Waals surface area contributed by atoms with Crippen molar-refractivity contribution in [1.29, 1.82) is 0 Å². The van der Waals surface area contributed by atoms with E-state index in [1.54, 1.807) is 13.2 Å². The minimum Gasteiger partial charge on any atom is -0.497 e. The van der Waals surface area contributed by atoms with E-state index in [0.717, 1.165) is 28.9 Å². The monoisotopic (exact) mass is 383 g/mol. The van der Waals surface area contributed by atoms with Gasteiger partial charge in [0.1, 0.15) is 5.75 Å². The lowest BCUT2D eigenvalue weighted by Crippen LogP contribution is -2.00. The van der Waals surface area contributed by atoms with Gasteiger partial charge < -0.3 is 9.84 Å². The van der Waals surface area contributed by atoms with Crippen LogP contribution >= 0.6 is 0 Å². The molecule has 1 heterocycles. The summed E-state index contributed by atoms with van der Waals surface area (Å²) >= 11 is 0. The SMILES string of the molecule is CCc1ccc(-c2ccc3nc(-c4ccc(OC)cc4)cc(C(=O)O)c3c2)cc1. The Morgan fingerprint density at radius 2 is 1.55 bits per heavy atom. The molecule has 4 heteroatoms. The Morgan fingerprint density at radius 1 is 0.897 bits per heavy atom. The second-order valence-electron chi connectivity index (χ2n) is 6.87. The molecule has 4 rings (SSSR count). The maximum absolute atomic E-state index is 12.0. The summed E-state index contributed by atoms with van der Waals surface area (Å²) in [4.78, 5) is 16.7. The number of ether oxygens (including phenoxy) is 1. The highest BCUT2D eigenvalue weighted by molar-refractivity contribution is 6.05. The summed E-state index contributed by atoms with van der Waals surface area (Å²) in [6.07, 6.45) is 0.985. The van der Waals surface area contributed by atoms with Gasteiger partial charge in [0.25, 0.3) is 0 Å². The highest BCUT2D eigenvalue weighted by Crippen LogP contribution is 2.30. The number of benzene rings is 3. The number of aromatic nitrogens is 1. The van der Waals surface area contributed by atoms with Crippen LogP contribution in [-0.4, -0.2) is 23.2 Å². The molecule has 0 atom stereocenters. The minimum absolute atomic E-state index is 0.243. The summed E-state index contributed by atoms with van der Waals surface area (Å²) in [7, 11) is 1.61. The summed E-state index contributed by atoms with van der Waals surface area (Å²) in [6.45, 7) is 2.12. The van der Waals surface area contributed by atoms with Gasteiger partial charge >= 0.3 is 5.97 Å². The maximum atomic E-state index is 12.0. The zero-order chi connectivity index (χ0) is 20.4. The second kappa shape index (κ2) is 7.76. The average molecular weight is 383 g/mol. The van der Waals surface area contributed by atoms with Crippen LogP contribution in [0.25, 0.3) is 33.3 Å². The number of carboxylic acids is 1. The molecule has 0 saturated carbocycles. The number of carboxylic acid groups (broad SMARTS) is 1. The number of pyridine rings is 1. The summed E-state index contributed by atoms with van der Waals surface area (Å²) in [5.41, 5.74) is 5.66. The number of hydrogen-bond donors (Lipinski definition) is 1. The Labute approximate surface area is 169 Å². The molecule has 144 valence electrons. The molecule has 0 radical (unpaired) electrons. The molecule has 29 heavy (non-hydrogen) atoms. The van der Waals surface area contributed by atoms with Crippen molar-refractivity contribution in [1.82, 2.24) is 4.98 Å². The highest BCUT2D eigenvalue weighted by atomic mass is 16.5. The first-order chi connectivity index (χ1) is 14.1. The molecule has 0 amide bonds. The van der Waals surface area contributed by atoms with Gasteiger partial charge in [-0.25, -0.2) is 9.78 Å².